The molecule has 1 rings (SSSR count). The van der Waals surface area contributed by atoms with E-state index >= 15 is 0 Å². The van der Waals surface area contributed by atoms with Crippen LogP contribution in [-0.4, -0.2) is 19.6 Å². The summed E-state index contributed by atoms with van der Waals surface area (Å²) in [4.78, 5) is 1.92. The van der Waals surface area contributed by atoms with Crippen LogP contribution >= 0.6 is 0 Å². The van der Waals surface area contributed by atoms with Gasteiger partial charge in [0.15, 0.2) is 0 Å². The van der Waals surface area contributed by atoms with Gasteiger partial charge in [-0.1, -0.05) is 31.6 Å². The molecular weight excluding hydrogens is 251 g/mol. The number of nitrogens with one attached hydrogen (secondary N) is 1. The van der Waals surface area contributed by atoms with E-state index in [9.17, 15) is 4.39 Å². The van der Waals surface area contributed by atoms with E-state index < -0.39 is 0 Å². The number of anilines is 1. The first-order valence-electron chi connectivity index (χ1n) is 7.18. The fourth-order valence-corrected chi connectivity index (χ4v) is 2.03. The number of hydrogen-bond donors (Lipinski definition) is 1. The topological polar surface area (TPSA) is 15.3 Å². The van der Waals surface area contributed by atoms with Gasteiger partial charge in [0.2, 0.25) is 0 Å². The summed E-state index contributed by atoms with van der Waals surface area (Å²) >= 11 is 0. The molecule has 0 spiro atoms. The van der Waals surface area contributed by atoms with Gasteiger partial charge in [0.25, 0.3) is 0 Å². The minimum atomic E-state index is -0.203. The number of unbranched alkanes of at least 4 members (excludes halogenated alkanes) is 1. The predicted octanol–water partition coefficient (Wildman–Crippen LogP) is 3.89. The molecule has 3 heteroatoms. The fourth-order valence-electron chi connectivity index (χ4n) is 2.03. The van der Waals surface area contributed by atoms with Gasteiger partial charge in [0, 0.05) is 19.6 Å². The second-order valence-electron chi connectivity index (χ2n) is 4.80. The standard InChI is InChI=1S/C17H25FN2/c1-4-7-10-19-14-15-8-9-16(18)17(13-15)20(11-5-2)12-6-3/h5-6,8-9,13,19H,2-4,7,10-12,14H2,1H3. The molecule has 1 aromatic rings. The van der Waals surface area contributed by atoms with Gasteiger partial charge in [-0.25, -0.2) is 4.39 Å². The molecule has 20 heavy (non-hydrogen) atoms. The van der Waals surface area contributed by atoms with Crippen molar-refractivity contribution in [3.05, 3.63) is 54.9 Å². The van der Waals surface area contributed by atoms with Crippen molar-refractivity contribution in [1.29, 1.82) is 0 Å². The third-order valence-electron chi connectivity index (χ3n) is 3.09. The Morgan fingerprint density at radius 1 is 1.25 bits per heavy atom. The lowest BCUT2D eigenvalue weighted by atomic mass is 10.1. The van der Waals surface area contributed by atoms with Crippen LogP contribution in [0.15, 0.2) is 43.5 Å². The number of rotatable bonds is 10. The van der Waals surface area contributed by atoms with Gasteiger partial charge in [0.05, 0.1) is 5.69 Å². The number of benzene rings is 1. The number of hydrogen-bond acceptors (Lipinski definition) is 2. The molecule has 0 amide bonds. The van der Waals surface area contributed by atoms with Crippen LogP contribution in [0.2, 0.25) is 0 Å². The fraction of sp³-hybridized carbons (Fsp3) is 0.412. The minimum Gasteiger partial charge on any atom is -0.362 e. The molecule has 0 unspecified atom stereocenters. The molecule has 0 bridgehead atoms. The van der Waals surface area contributed by atoms with Crippen molar-refractivity contribution in [2.75, 3.05) is 24.5 Å². The number of halogens is 1. The summed E-state index contributed by atoms with van der Waals surface area (Å²) in [6.07, 6.45) is 5.88. The van der Waals surface area contributed by atoms with Gasteiger partial charge in [0.1, 0.15) is 5.82 Å². The maximum Gasteiger partial charge on any atom is 0.146 e. The molecule has 0 saturated heterocycles. The van der Waals surface area contributed by atoms with Gasteiger partial charge in [-0.15, -0.1) is 13.2 Å². The lowest BCUT2D eigenvalue weighted by molar-refractivity contribution is 0.617. The molecule has 0 aliphatic heterocycles. The Kier molecular flexibility index (Phi) is 7.66. The summed E-state index contributed by atoms with van der Waals surface area (Å²) in [5.41, 5.74) is 1.70. The van der Waals surface area contributed by atoms with Crippen LogP contribution < -0.4 is 10.2 Å². The largest absolute Gasteiger partial charge is 0.362 e. The molecule has 0 atom stereocenters. The van der Waals surface area contributed by atoms with Gasteiger partial charge < -0.3 is 10.2 Å². The van der Waals surface area contributed by atoms with E-state index in [4.69, 9.17) is 0 Å². The first-order valence-corrected chi connectivity index (χ1v) is 7.18. The zero-order chi connectivity index (χ0) is 14.8. The summed E-state index contributed by atoms with van der Waals surface area (Å²) in [6.45, 7) is 12.6. The van der Waals surface area contributed by atoms with Crippen molar-refractivity contribution in [2.45, 2.75) is 26.3 Å². The van der Waals surface area contributed by atoms with Crippen molar-refractivity contribution in [2.24, 2.45) is 0 Å². The molecule has 0 heterocycles. The lowest BCUT2D eigenvalue weighted by Gasteiger charge is -2.23. The maximum absolute atomic E-state index is 14.0. The first kappa shape index (κ1) is 16.4. The van der Waals surface area contributed by atoms with E-state index in [1.54, 1.807) is 12.2 Å². The molecule has 0 saturated carbocycles. The Balaban J connectivity index is 2.78. The van der Waals surface area contributed by atoms with Crippen LogP contribution in [0, 0.1) is 5.82 Å². The average molecular weight is 276 g/mol. The van der Waals surface area contributed by atoms with Crippen LogP contribution in [0.25, 0.3) is 0 Å². The Morgan fingerprint density at radius 3 is 2.55 bits per heavy atom. The highest BCUT2D eigenvalue weighted by atomic mass is 19.1. The third-order valence-corrected chi connectivity index (χ3v) is 3.09. The van der Waals surface area contributed by atoms with Gasteiger partial charge in [-0.05, 0) is 30.7 Å². The highest BCUT2D eigenvalue weighted by molar-refractivity contribution is 5.51. The average Bonchev–Trinajstić information content (AvgIpc) is 2.45. The summed E-state index contributed by atoms with van der Waals surface area (Å²) in [6, 6.07) is 5.27. The van der Waals surface area contributed by atoms with E-state index in [0.29, 0.717) is 18.8 Å². The summed E-state index contributed by atoms with van der Waals surface area (Å²) in [5, 5.41) is 3.37. The van der Waals surface area contributed by atoms with E-state index in [1.165, 1.54) is 12.5 Å². The molecule has 2 nitrogen and oxygen atoms in total. The van der Waals surface area contributed by atoms with Crippen molar-refractivity contribution >= 4 is 5.69 Å². The smallest absolute Gasteiger partial charge is 0.146 e. The van der Waals surface area contributed by atoms with Gasteiger partial charge >= 0.3 is 0 Å². The van der Waals surface area contributed by atoms with Crippen molar-refractivity contribution in [3.63, 3.8) is 0 Å². The SMILES string of the molecule is C=CCN(CC=C)c1cc(CNCCCC)ccc1F. The summed E-state index contributed by atoms with van der Waals surface area (Å²) < 4.78 is 14.0. The minimum absolute atomic E-state index is 0.203. The van der Waals surface area contributed by atoms with Crippen molar-refractivity contribution < 1.29 is 4.39 Å². The molecular formula is C17H25FN2. The molecule has 0 radical (unpaired) electrons. The van der Waals surface area contributed by atoms with Crippen LogP contribution in [-0.2, 0) is 6.54 Å². The normalized spacial score (nSPS) is 10.3. The van der Waals surface area contributed by atoms with Crippen LogP contribution in [0.3, 0.4) is 0 Å². The lowest BCUT2D eigenvalue weighted by Crippen LogP contribution is -2.24. The summed E-state index contributed by atoms with van der Waals surface area (Å²) in [5.74, 6) is -0.203. The van der Waals surface area contributed by atoms with E-state index in [2.05, 4.69) is 25.4 Å². The third kappa shape index (κ3) is 5.17. The predicted molar refractivity (Wildman–Crippen MR) is 85.6 cm³/mol. The highest BCUT2D eigenvalue weighted by Gasteiger charge is 2.10. The summed E-state index contributed by atoms with van der Waals surface area (Å²) in [7, 11) is 0. The van der Waals surface area contributed by atoms with Crippen molar-refractivity contribution in [3.8, 4) is 0 Å². The molecule has 1 N–H and O–H groups in total. The first-order chi connectivity index (χ1) is 9.72. The van der Waals surface area contributed by atoms with Crippen LogP contribution in [0.5, 0.6) is 0 Å². The zero-order valence-corrected chi connectivity index (χ0v) is 12.4. The van der Waals surface area contributed by atoms with Crippen LogP contribution in [0.4, 0.5) is 10.1 Å². The quantitative estimate of drug-likeness (QED) is 0.515. The Hall–Kier alpha value is -1.61. The molecule has 0 aliphatic rings. The molecule has 0 aliphatic carbocycles. The Morgan fingerprint density at radius 2 is 1.95 bits per heavy atom. The molecule has 0 aromatic heterocycles. The van der Waals surface area contributed by atoms with Crippen LogP contribution in [0.1, 0.15) is 25.3 Å². The van der Waals surface area contributed by atoms with E-state index in [1.807, 2.05) is 17.0 Å². The maximum atomic E-state index is 14.0. The number of nitrogens with zero attached hydrogens (tertiary/aromatic N) is 1. The Bertz CT molecular complexity index is 419. The van der Waals surface area contributed by atoms with Crippen molar-refractivity contribution in [1.82, 2.24) is 5.32 Å². The second-order valence-corrected chi connectivity index (χ2v) is 4.80. The van der Waals surface area contributed by atoms with E-state index in [-0.39, 0.29) is 5.82 Å². The van der Waals surface area contributed by atoms with Gasteiger partial charge in [-0.3, -0.25) is 0 Å². The Labute approximate surface area is 122 Å². The molecule has 1 aromatic carbocycles. The second kappa shape index (κ2) is 9.32. The zero-order valence-electron chi connectivity index (χ0n) is 12.4. The monoisotopic (exact) mass is 276 g/mol. The molecule has 0 fully saturated rings. The van der Waals surface area contributed by atoms with E-state index in [0.717, 1.165) is 25.1 Å². The molecule has 110 valence electrons. The van der Waals surface area contributed by atoms with Gasteiger partial charge in [-0.2, -0.15) is 0 Å². The highest BCUT2D eigenvalue weighted by Crippen LogP contribution is 2.21.